The lowest BCUT2D eigenvalue weighted by atomic mass is 11.3. The SMILES string of the molecule is O=P([O-])([O-])OP1(=O)OC(F)(F)O1. The Morgan fingerprint density at radius 3 is 2.08 bits per heavy atom. The fourth-order valence-corrected chi connectivity index (χ4v) is 2.20. The Bertz CT molecular complexity index is 267. The molecular weight excluding hydrogens is 224 g/mol. The first-order chi connectivity index (χ1) is 5.12. The topological polar surface area (TPSA) is 108 Å². The van der Waals surface area contributed by atoms with Gasteiger partial charge in [-0.1, -0.05) is 0 Å². The molecule has 1 heterocycles. The summed E-state index contributed by atoms with van der Waals surface area (Å²) in [5, 5.41) is 0. The molecule has 0 radical (unpaired) electrons. The van der Waals surface area contributed by atoms with Crippen LogP contribution in [0, 0.1) is 0 Å². The van der Waals surface area contributed by atoms with Crippen molar-refractivity contribution < 1.29 is 41.1 Å². The van der Waals surface area contributed by atoms with E-state index in [4.69, 9.17) is 0 Å². The van der Waals surface area contributed by atoms with Gasteiger partial charge in [0.05, 0.1) is 7.82 Å². The van der Waals surface area contributed by atoms with Crippen molar-refractivity contribution in [1.82, 2.24) is 0 Å². The van der Waals surface area contributed by atoms with Gasteiger partial charge >= 0.3 is 14.1 Å². The van der Waals surface area contributed by atoms with Crippen molar-refractivity contribution in [3.63, 3.8) is 0 Å². The zero-order valence-corrected chi connectivity index (χ0v) is 6.80. The Morgan fingerprint density at radius 1 is 1.42 bits per heavy atom. The van der Waals surface area contributed by atoms with Crippen molar-refractivity contribution >= 4 is 15.6 Å². The van der Waals surface area contributed by atoms with E-state index in [1.54, 1.807) is 0 Å². The molecule has 0 aromatic rings. The van der Waals surface area contributed by atoms with Crippen LogP contribution in [-0.2, 0) is 22.5 Å². The second-order valence-corrected chi connectivity index (χ2v) is 4.43. The molecule has 0 aliphatic carbocycles. The summed E-state index contributed by atoms with van der Waals surface area (Å²) >= 11 is 0. The van der Waals surface area contributed by atoms with Crippen LogP contribution >= 0.6 is 15.6 Å². The first-order valence-electron chi connectivity index (χ1n) is 2.25. The van der Waals surface area contributed by atoms with Crippen molar-refractivity contribution in [2.75, 3.05) is 0 Å². The van der Waals surface area contributed by atoms with Crippen molar-refractivity contribution in [1.29, 1.82) is 0 Å². The summed E-state index contributed by atoms with van der Waals surface area (Å²) < 4.78 is 52.6. The van der Waals surface area contributed by atoms with Crippen LogP contribution < -0.4 is 9.79 Å². The highest BCUT2D eigenvalue weighted by atomic mass is 31.3. The highest BCUT2D eigenvalue weighted by Crippen LogP contribution is 2.70. The minimum Gasteiger partial charge on any atom is -0.789 e. The van der Waals surface area contributed by atoms with Crippen LogP contribution in [0.1, 0.15) is 0 Å². The van der Waals surface area contributed by atoms with E-state index in [9.17, 15) is 27.7 Å². The number of phosphoric ester groups is 1. The molecule has 7 nitrogen and oxygen atoms in total. The lowest BCUT2D eigenvalue weighted by Gasteiger charge is -2.38. The van der Waals surface area contributed by atoms with Gasteiger partial charge in [0, 0.05) is 0 Å². The van der Waals surface area contributed by atoms with E-state index < -0.39 is 21.9 Å². The molecule has 0 aromatic carbocycles. The molecule has 11 heteroatoms. The van der Waals surface area contributed by atoms with Crippen LogP contribution in [0.5, 0.6) is 0 Å². The standard InChI is InChI=1S/CH2F2O7P2/c2-1(3)8-12(7,9-1)10-11(4,5)6/h(H2,4,5,6)/p-2. The summed E-state index contributed by atoms with van der Waals surface area (Å²) in [6.45, 7) is 0. The Morgan fingerprint density at radius 2 is 1.83 bits per heavy atom. The van der Waals surface area contributed by atoms with Crippen molar-refractivity contribution in [3.05, 3.63) is 0 Å². The molecule has 0 aromatic heterocycles. The zero-order chi connectivity index (χ0) is 9.62. The van der Waals surface area contributed by atoms with Crippen molar-refractivity contribution in [2.45, 2.75) is 6.29 Å². The molecule has 0 amide bonds. The normalized spacial score (nSPS) is 26.3. The second-order valence-electron chi connectivity index (χ2n) is 1.62. The average Bonchev–Trinajstić information content (AvgIpc) is 1.48. The van der Waals surface area contributed by atoms with Gasteiger partial charge in [0.15, 0.2) is 0 Å². The number of hydrogen-bond donors (Lipinski definition) is 0. The molecule has 72 valence electrons. The van der Waals surface area contributed by atoms with Gasteiger partial charge in [0.25, 0.3) is 0 Å². The van der Waals surface area contributed by atoms with Crippen molar-refractivity contribution in [2.24, 2.45) is 0 Å². The van der Waals surface area contributed by atoms with E-state index in [0.29, 0.717) is 0 Å². The third-order valence-corrected chi connectivity index (χ3v) is 3.11. The number of phosphoric acid groups is 2. The molecular formula is CF2O7P2-2. The van der Waals surface area contributed by atoms with Crippen LogP contribution in [0.15, 0.2) is 0 Å². The van der Waals surface area contributed by atoms with E-state index in [0.717, 1.165) is 0 Å². The largest absolute Gasteiger partial charge is 0.789 e. The first kappa shape index (κ1) is 10.2. The first-order valence-corrected chi connectivity index (χ1v) is 5.17. The van der Waals surface area contributed by atoms with Gasteiger partial charge in [-0.3, -0.25) is 4.31 Å². The van der Waals surface area contributed by atoms with Gasteiger partial charge in [-0.15, -0.1) is 8.78 Å². The van der Waals surface area contributed by atoms with E-state index >= 15 is 0 Å². The number of alkyl halides is 2. The van der Waals surface area contributed by atoms with Crippen LogP contribution in [0.4, 0.5) is 8.78 Å². The number of hydrogen-bond acceptors (Lipinski definition) is 7. The molecule has 1 fully saturated rings. The molecule has 1 aliphatic rings. The molecule has 0 bridgehead atoms. The van der Waals surface area contributed by atoms with Gasteiger partial charge in [-0.25, -0.2) is 4.57 Å². The molecule has 1 rings (SSSR count). The Labute approximate surface area is 64.1 Å². The summed E-state index contributed by atoms with van der Waals surface area (Å²) in [6.07, 6.45) is -4.16. The van der Waals surface area contributed by atoms with E-state index in [-0.39, 0.29) is 0 Å². The maximum atomic E-state index is 11.6. The van der Waals surface area contributed by atoms with Gasteiger partial charge in [0.1, 0.15) is 0 Å². The highest BCUT2D eigenvalue weighted by molar-refractivity contribution is 7.60. The Hall–Kier alpha value is 0.120. The van der Waals surface area contributed by atoms with E-state index in [2.05, 4.69) is 13.4 Å². The van der Waals surface area contributed by atoms with Crippen LogP contribution in [0.2, 0.25) is 0 Å². The van der Waals surface area contributed by atoms with Gasteiger partial charge in [-0.2, -0.15) is 9.05 Å². The number of rotatable bonds is 2. The predicted molar refractivity (Wildman–Crippen MR) is 23.4 cm³/mol. The van der Waals surface area contributed by atoms with Crippen LogP contribution in [-0.4, -0.2) is 6.29 Å². The zero-order valence-electron chi connectivity index (χ0n) is 5.01. The van der Waals surface area contributed by atoms with Gasteiger partial charge in [-0.05, 0) is 0 Å². The van der Waals surface area contributed by atoms with Crippen LogP contribution in [0.3, 0.4) is 0 Å². The summed E-state index contributed by atoms with van der Waals surface area (Å²) in [6, 6.07) is 0. The minimum atomic E-state index is -5.66. The molecule has 12 heavy (non-hydrogen) atoms. The maximum Gasteiger partial charge on any atom is 0.503 e. The molecule has 0 unspecified atom stereocenters. The molecule has 1 saturated heterocycles. The molecule has 0 saturated carbocycles. The fourth-order valence-electron chi connectivity index (χ4n) is 0.423. The second kappa shape index (κ2) is 2.55. The van der Waals surface area contributed by atoms with E-state index in [1.807, 2.05) is 0 Å². The lowest BCUT2D eigenvalue weighted by molar-refractivity contribution is -0.384. The smallest absolute Gasteiger partial charge is 0.503 e. The number of halogens is 2. The Balaban J connectivity index is 2.58. The summed E-state index contributed by atoms with van der Waals surface area (Å²) in [5.74, 6) is 0. The van der Waals surface area contributed by atoms with Crippen LogP contribution in [0.25, 0.3) is 0 Å². The van der Waals surface area contributed by atoms with Gasteiger partial charge < -0.3 is 14.4 Å². The summed E-state index contributed by atoms with van der Waals surface area (Å²) in [4.78, 5) is 19.4. The lowest BCUT2D eigenvalue weighted by Crippen LogP contribution is -2.34. The summed E-state index contributed by atoms with van der Waals surface area (Å²) in [7, 11) is -10.5. The van der Waals surface area contributed by atoms with E-state index in [1.165, 1.54) is 0 Å². The summed E-state index contributed by atoms with van der Waals surface area (Å²) in [5.41, 5.74) is 0. The van der Waals surface area contributed by atoms with Gasteiger partial charge in [0.2, 0.25) is 0 Å². The molecule has 0 spiro atoms. The maximum absolute atomic E-state index is 11.6. The Kier molecular flexibility index (Phi) is 2.17. The molecule has 1 aliphatic heterocycles. The van der Waals surface area contributed by atoms with Crippen molar-refractivity contribution in [3.8, 4) is 0 Å². The molecule has 0 N–H and O–H groups in total. The third kappa shape index (κ3) is 2.56. The third-order valence-electron chi connectivity index (χ3n) is 0.636. The highest BCUT2D eigenvalue weighted by Gasteiger charge is 2.61. The molecule has 0 atom stereocenters. The average molecular weight is 224 g/mol. The fraction of sp³-hybridized carbons (Fsp3) is 1.00. The monoisotopic (exact) mass is 224 g/mol. The minimum absolute atomic E-state index is 3.07. The predicted octanol–water partition coefficient (Wildman–Crippen LogP) is -0.463. The quantitative estimate of drug-likeness (QED) is 0.583.